The van der Waals surface area contributed by atoms with Crippen LogP contribution in [0, 0.1) is 5.82 Å². The molecule has 0 spiro atoms. The molecule has 1 aromatic heterocycles. The highest BCUT2D eigenvalue weighted by atomic mass is 35.5. The Labute approximate surface area is 169 Å². The molecule has 4 nitrogen and oxygen atoms in total. The van der Waals surface area contributed by atoms with Crippen LogP contribution in [0.5, 0.6) is 0 Å². The topological polar surface area (TPSA) is 57.6 Å². The van der Waals surface area contributed by atoms with Crippen LogP contribution in [-0.4, -0.2) is 16.8 Å². The van der Waals surface area contributed by atoms with Gasteiger partial charge in [0.2, 0.25) is 0 Å². The minimum atomic E-state index is -0.815. The fourth-order valence-corrected chi connectivity index (χ4v) is 4.22. The molecule has 1 N–H and O–H groups in total. The van der Waals surface area contributed by atoms with Gasteiger partial charge in [-0.2, -0.15) is 0 Å². The summed E-state index contributed by atoms with van der Waals surface area (Å²) in [6.07, 6.45) is 0. The second-order valence-corrected chi connectivity index (χ2v) is 7.59. The number of halogens is 2. The summed E-state index contributed by atoms with van der Waals surface area (Å²) < 4.78 is 13.4. The van der Waals surface area contributed by atoms with Gasteiger partial charge in [-0.15, -0.1) is 11.3 Å². The predicted octanol–water partition coefficient (Wildman–Crippen LogP) is 5.17. The first-order chi connectivity index (χ1) is 13.5. The maximum Gasteiger partial charge on any atom is 0.300 e. The average Bonchev–Trinajstić information content (AvgIpc) is 3.30. The molecule has 1 aliphatic rings. The lowest BCUT2D eigenvalue weighted by molar-refractivity contribution is -0.132. The van der Waals surface area contributed by atoms with Crippen LogP contribution >= 0.6 is 22.9 Å². The standard InChI is InChI=1S/C21H13ClFNO3S/c22-13-4-1-3-12(11-13)19(25)17-18(16-5-2-10-28-16)24(21(27)20(17)26)15-8-6-14(23)7-9-15/h1-11,18,25H/b19-17-. The Hall–Kier alpha value is -2.96. The molecule has 0 saturated carbocycles. The Morgan fingerprint density at radius 2 is 1.82 bits per heavy atom. The highest BCUT2D eigenvalue weighted by Crippen LogP contribution is 2.43. The first kappa shape index (κ1) is 18.4. The number of amides is 1. The summed E-state index contributed by atoms with van der Waals surface area (Å²) in [7, 11) is 0. The van der Waals surface area contributed by atoms with Gasteiger partial charge in [-0.3, -0.25) is 14.5 Å². The number of carbonyl (C=O) groups is 2. The first-order valence-electron chi connectivity index (χ1n) is 8.33. The van der Waals surface area contributed by atoms with Gasteiger partial charge in [-0.25, -0.2) is 4.39 Å². The lowest BCUT2D eigenvalue weighted by Crippen LogP contribution is -2.29. The highest BCUT2D eigenvalue weighted by molar-refractivity contribution is 7.10. The summed E-state index contributed by atoms with van der Waals surface area (Å²) in [4.78, 5) is 27.7. The van der Waals surface area contributed by atoms with Gasteiger partial charge >= 0.3 is 0 Å². The third kappa shape index (κ3) is 3.10. The Kier molecular flexibility index (Phi) is 4.75. The van der Waals surface area contributed by atoms with E-state index in [0.717, 1.165) is 0 Å². The number of hydrogen-bond acceptors (Lipinski definition) is 4. The van der Waals surface area contributed by atoms with E-state index < -0.39 is 23.5 Å². The van der Waals surface area contributed by atoms with Crippen molar-refractivity contribution in [2.45, 2.75) is 6.04 Å². The van der Waals surface area contributed by atoms with Crippen molar-refractivity contribution in [3.05, 3.63) is 92.9 Å². The maximum atomic E-state index is 13.4. The van der Waals surface area contributed by atoms with Crippen LogP contribution in [0.15, 0.2) is 71.6 Å². The van der Waals surface area contributed by atoms with Crippen LogP contribution in [0.4, 0.5) is 10.1 Å². The Bertz CT molecular complexity index is 1090. The minimum absolute atomic E-state index is 0.0287. The molecule has 1 saturated heterocycles. The number of anilines is 1. The summed E-state index contributed by atoms with van der Waals surface area (Å²) in [6.45, 7) is 0. The largest absolute Gasteiger partial charge is 0.507 e. The van der Waals surface area contributed by atoms with E-state index in [2.05, 4.69) is 0 Å². The van der Waals surface area contributed by atoms with Crippen LogP contribution < -0.4 is 4.90 Å². The number of aliphatic hydroxyl groups is 1. The molecule has 1 amide bonds. The van der Waals surface area contributed by atoms with E-state index in [1.165, 1.54) is 46.6 Å². The molecular weight excluding hydrogens is 401 g/mol. The molecule has 0 aliphatic carbocycles. The van der Waals surface area contributed by atoms with Crippen LogP contribution in [0.2, 0.25) is 5.02 Å². The van der Waals surface area contributed by atoms with Crippen LogP contribution in [-0.2, 0) is 9.59 Å². The Morgan fingerprint density at radius 1 is 1.07 bits per heavy atom. The number of ketones is 1. The molecule has 2 aromatic carbocycles. The van der Waals surface area contributed by atoms with Crippen molar-refractivity contribution in [2.24, 2.45) is 0 Å². The summed E-state index contributed by atoms with van der Waals surface area (Å²) in [5.41, 5.74) is 0.678. The van der Waals surface area contributed by atoms with Crippen molar-refractivity contribution in [2.75, 3.05) is 4.90 Å². The minimum Gasteiger partial charge on any atom is -0.507 e. The van der Waals surface area contributed by atoms with Crippen LogP contribution in [0.25, 0.3) is 5.76 Å². The molecule has 7 heteroatoms. The van der Waals surface area contributed by atoms with Gasteiger partial charge < -0.3 is 5.11 Å². The number of thiophene rings is 1. The molecular formula is C21H13ClFNO3S. The molecule has 0 bridgehead atoms. The molecule has 0 radical (unpaired) electrons. The Morgan fingerprint density at radius 3 is 2.46 bits per heavy atom. The second kappa shape index (κ2) is 7.22. The molecule has 1 unspecified atom stereocenters. The van der Waals surface area contributed by atoms with Gasteiger partial charge in [0.1, 0.15) is 17.6 Å². The van der Waals surface area contributed by atoms with Crippen LogP contribution in [0.3, 0.4) is 0 Å². The molecule has 4 rings (SSSR count). The van der Waals surface area contributed by atoms with Crippen molar-refractivity contribution in [3.63, 3.8) is 0 Å². The summed E-state index contributed by atoms with van der Waals surface area (Å²) >= 11 is 7.36. The number of carbonyl (C=O) groups excluding carboxylic acids is 2. The molecule has 140 valence electrons. The van der Waals surface area contributed by atoms with Gasteiger partial charge in [-0.1, -0.05) is 29.8 Å². The number of nitrogens with zero attached hydrogens (tertiary/aromatic N) is 1. The molecule has 2 heterocycles. The predicted molar refractivity (Wildman–Crippen MR) is 107 cm³/mol. The van der Waals surface area contributed by atoms with E-state index in [0.29, 0.717) is 21.2 Å². The molecule has 28 heavy (non-hydrogen) atoms. The number of benzene rings is 2. The van der Waals surface area contributed by atoms with Crippen LogP contribution in [0.1, 0.15) is 16.5 Å². The van der Waals surface area contributed by atoms with E-state index in [4.69, 9.17) is 11.6 Å². The second-order valence-electron chi connectivity index (χ2n) is 6.17. The fraction of sp³-hybridized carbons (Fsp3) is 0.0476. The van der Waals surface area contributed by atoms with Crippen molar-refractivity contribution >= 4 is 46.1 Å². The summed E-state index contributed by atoms with van der Waals surface area (Å²) in [6, 6.07) is 14.5. The van der Waals surface area contributed by atoms with Crippen molar-refractivity contribution < 1.29 is 19.1 Å². The zero-order valence-corrected chi connectivity index (χ0v) is 15.9. The number of aliphatic hydroxyl groups excluding tert-OH is 1. The third-order valence-corrected chi connectivity index (χ3v) is 5.62. The first-order valence-corrected chi connectivity index (χ1v) is 9.59. The zero-order valence-electron chi connectivity index (χ0n) is 14.3. The van der Waals surface area contributed by atoms with Crippen molar-refractivity contribution in [1.29, 1.82) is 0 Å². The summed E-state index contributed by atoms with van der Waals surface area (Å²) in [5.74, 6) is -2.34. The fourth-order valence-electron chi connectivity index (χ4n) is 3.21. The van der Waals surface area contributed by atoms with E-state index in [1.807, 2.05) is 5.38 Å². The van der Waals surface area contributed by atoms with Gasteiger partial charge in [0.05, 0.1) is 5.57 Å². The number of Topliss-reactive ketones (excluding diaryl/α,β-unsaturated/α-hetero) is 1. The molecule has 1 aliphatic heterocycles. The van der Waals surface area contributed by atoms with Crippen molar-refractivity contribution in [1.82, 2.24) is 0 Å². The Balaban J connectivity index is 1.93. The van der Waals surface area contributed by atoms with Crippen molar-refractivity contribution in [3.8, 4) is 0 Å². The monoisotopic (exact) mass is 413 g/mol. The van der Waals surface area contributed by atoms with Gasteiger partial charge in [0.25, 0.3) is 11.7 Å². The third-order valence-electron chi connectivity index (χ3n) is 4.46. The highest BCUT2D eigenvalue weighted by Gasteiger charge is 2.47. The molecule has 1 fully saturated rings. The normalized spacial score (nSPS) is 18.6. The van der Waals surface area contributed by atoms with Gasteiger partial charge in [0.15, 0.2) is 0 Å². The smallest absolute Gasteiger partial charge is 0.300 e. The van der Waals surface area contributed by atoms with E-state index in [9.17, 15) is 19.1 Å². The quantitative estimate of drug-likeness (QED) is 0.366. The lowest BCUT2D eigenvalue weighted by atomic mass is 10.00. The maximum absolute atomic E-state index is 13.4. The van der Waals surface area contributed by atoms with Gasteiger partial charge in [0, 0.05) is 21.2 Å². The summed E-state index contributed by atoms with van der Waals surface area (Å²) in [5, 5.41) is 13.1. The number of rotatable bonds is 3. The zero-order chi connectivity index (χ0) is 19.8. The molecule has 1 atom stereocenters. The SMILES string of the molecule is O=C1C(=O)N(c2ccc(F)cc2)C(c2cccs2)/C1=C(/O)c1cccc(Cl)c1. The van der Waals surface area contributed by atoms with E-state index in [1.54, 1.807) is 30.3 Å². The van der Waals surface area contributed by atoms with E-state index in [-0.39, 0.29) is 11.3 Å². The lowest BCUT2D eigenvalue weighted by Gasteiger charge is -2.24. The average molecular weight is 414 g/mol. The number of hydrogen-bond donors (Lipinski definition) is 1. The molecule has 3 aromatic rings. The van der Waals surface area contributed by atoms with Gasteiger partial charge in [-0.05, 0) is 47.8 Å². The van der Waals surface area contributed by atoms with E-state index >= 15 is 0 Å².